The van der Waals surface area contributed by atoms with Gasteiger partial charge in [0.2, 0.25) is 0 Å². The van der Waals surface area contributed by atoms with E-state index in [0.717, 1.165) is 11.6 Å². The fourth-order valence-electron chi connectivity index (χ4n) is 1.56. The van der Waals surface area contributed by atoms with E-state index in [1.54, 1.807) is 13.0 Å². The number of halogens is 3. The molecule has 82 valence electrons. The largest absolute Gasteiger partial charge is 0.416 e. The van der Waals surface area contributed by atoms with Crippen LogP contribution in [0.5, 0.6) is 0 Å². The molecule has 0 spiro atoms. The van der Waals surface area contributed by atoms with Gasteiger partial charge < -0.3 is 0 Å². The molecule has 0 radical (unpaired) electrons. The zero-order chi connectivity index (χ0) is 11.6. The highest BCUT2D eigenvalue weighted by Gasteiger charge is 2.31. The molecule has 0 aliphatic rings. The van der Waals surface area contributed by atoms with Gasteiger partial charge in [0.05, 0.1) is 5.56 Å². The van der Waals surface area contributed by atoms with E-state index in [9.17, 15) is 13.2 Å². The zero-order valence-corrected chi connectivity index (χ0v) is 8.94. The van der Waals surface area contributed by atoms with Gasteiger partial charge in [-0.1, -0.05) is 23.8 Å². The van der Waals surface area contributed by atoms with Crippen molar-refractivity contribution in [3.05, 3.63) is 34.2 Å². The maximum Gasteiger partial charge on any atom is 0.416 e. The Bertz CT molecular complexity index is 463. The maximum absolute atomic E-state index is 12.6. The van der Waals surface area contributed by atoms with Gasteiger partial charge >= 0.3 is 6.18 Å². The van der Waals surface area contributed by atoms with Gasteiger partial charge in [-0.15, -0.1) is 0 Å². The quantitative estimate of drug-likeness (QED) is 0.623. The first-order valence-corrected chi connectivity index (χ1v) is 4.68. The summed E-state index contributed by atoms with van der Waals surface area (Å²) < 4.78 is 37.9. The molecule has 0 atom stereocenters. The lowest BCUT2D eigenvalue weighted by Crippen LogP contribution is -2.33. The molecular weight excluding hydrogens is 201 g/mol. The minimum atomic E-state index is -4.28. The first-order chi connectivity index (χ1) is 6.88. The Hall–Kier alpha value is -1.25. The first kappa shape index (κ1) is 11.8. The van der Waals surface area contributed by atoms with Gasteiger partial charge in [-0.3, -0.25) is 0 Å². The molecule has 0 heterocycles. The summed E-state index contributed by atoms with van der Waals surface area (Å²) >= 11 is 0. The van der Waals surface area contributed by atoms with E-state index in [2.05, 4.69) is 0 Å². The molecule has 1 aromatic carbocycles. The number of hydrogen-bond donors (Lipinski definition) is 0. The Labute approximate surface area is 86.7 Å². The zero-order valence-electron chi connectivity index (χ0n) is 8.94. The third-order valence-electron chi connectivity index (χ3n) is 2.24. The Morgan fingerprint density at radius 2 is 1.80 bits per heavy atom. The third-order valence-corrected chi connectivity index (χ3v) is 2.24. The van der Waals surface area contributed by atoms with Gasteiger partial charge in [0, 0.05) is 0 Å². The molecule has 0 saturated carbocycles. The van der Waals surface area contributed by atoms with E-state index in [1.165, 1.54) is 12.1 Å². The highest BCUT2D eigenvalue weighted by Crippen LogP contribution is 2.25. The number of hydrogen-bond acceptors (Lipinski definition) is 0. The topological polar surface area (TPSA) is 0 Å². The van der Waals surface area contributed by atoms with Crippen LogP contribution in [-0.4, -0.2) is 0 Å². The summed E-state index contributed by atoms with van der Waals surface area (Å²) in [7, 11) is 0. The van der Waals surface area contributed by atoms with E-state index in [4.69, 9.17) is 0 Å². The Balaban J connectivity index is 3.75. The fourth-order valence-corrected chi connectivity index (χ4v) is 1.56. The van der Waals surface area contributed by atoms with Crippen LogP contribution in [0.25, 0.3) is 11.6 Å². The lowest BCUT2D eigenvalue weighted by molar-refractivity contribution is -0.138. The summed E-state index contributed by atoms with van der Waals surface area (Å²) in [5.41, 5.74) is 0.318. The van der Waals surface area contributed by atoms with Crippen molar-refractivity contribution in [1.29, 1.82) is 0 Å². The monoisotopic (exact) mass is 214 g/mol. The molecule has 3 heteroatoms. The Morgan fingerprint density at radius 3 is 2.20 bits per heavy atom. The number of rotatable bonds is 0. The summed E-state index contributed by atoms with van der Waals surface area (Å²) in [5, 5.41) is 0.928. The van der Waals surface area contributed by atoms with E-state index in [-0.39, 0.29) is 5.22 Å². The molecule has 0 N–H and O–H groups in total. The predicted octanol–water partition coefficient (Wildman–Crippen LogP) is 2.70. The van der Waals surface area contributed by atoms with Crippen molar-refractivity contribution < 1.29 is 13.2 Å². The van der Waals surface area contributed by atoms with E-state index in [1.807, 2.05) is 13.8 Å². The van der Waals surface area contributed by atoms with Gasteiger partial charge in [0.25, 0.3) is 0 Å². The predicted molar refractivity (Wildman–Crippen MR) is 55.6 cm³/mol. The molecule has 0 aliphatic heterocycles. The highest BCUT2D eigenvalue weighted by molar-refractivity contribution is 5.43. The smallest absolute Gasteiger partial charge is 0.166 e. The van der Waals surface area contributed by atoms with Gasteiger partial charge in [0.15, 0.2) is 0 Å². The fraction of sp³-hybridized carbons (Fsp3) is 0.333. The van der Waals surface area contributed by atoms with Crippen LogP contribution < -0.4 is 10.4 Å². The third kappa shape index (κ3) is 2.41. The molecule has 0 bridgehead atoms. The molecule has 15 heavy (non-hydrogen) atoms. The Morgan fingerprint density at radius 1 is 1.20 bits per heavy atom. The minimum absolute atomic E-state index is 0.269. The van der Waals surface area contributed by atoms with Crippen LogP contribution in [-0.2, 0) is 6.18 Å². The lowest BCUT2D eigenvalue weighted by atomic mass is 10.1. The van der Waals surface area contributed by atoms with Gasteiger partial charge in [-0.2, -0.15) is 13.2 Å². The summed E-state index contributed by atoms with van der Waals surface area (Å²) in [6.45, 7) is 5.24. The van der Waals surface area contributed by atoms with Crippen molar-refractivity contribution in [2.75, 3.05) is 0 Å². The van der Waals surface area contributed by atoms with E-state index >= 15 is 0 Å². The molecule has 0 aliphatic carbocycles. The molecule has 0 nitrogen and oxygen atoms in total. The van der Waals surface area contributed by atoms with Crippen molar-refractivity contribution in [3.8, 4) is 0 Å². The van der Waals surface area contributed by atoms with Crippen molar-refractivity contribution in [1.82, 2.24) is 0 Å². The van der Waals surface area contributed by atoms with Crippen LogP contribution >= 0.6 is 0 Å². The van der Waals surface area contributed by atoms with Crippen LogP contribution in [0, 0.1) is 0 Å². The first-order valence-electron chi connectivity index (χ1n) is 4.68. The molecule has 0 unspecified atom stereocenters. The number of alkyl halides is 3. The molecule has 0 amide bonds. The van der Waals surface area contributed by atoms with Crippen molar-refractivity contribution in [2.45, 2.75) is 26.9 Å². The average Bonchev–Trinajstić information content (AvgIpc) is 2.15. The highest BCUT2D eigenvalue weighted by atomic mass is 19.4. The lowest BCUT2D eigenvalue weighted by Gasteiger charge is -2.08. The summed E-state index contributed by atoms with van der Waals surface area (Å²) in [5.74, 6) is 0. The number of benzene rings is 1. The van der Waals surface area contributed by atoms with Gasteiger partial charge in [-0.05, 0) is 37.3 Å². The summed E-state index contributed by atoms with van der Waals surface area (Å²) in [6.07, 6.45) is -2.78. The molecule has 0 saturated heterocycles. The molecular formula is C12H13F3. The van der Waals surface area contributed by atoms with Crippen LogP contribution in [0.1, 0.15) is 26.3 Å². The summed E-state index contributed by atoms with van der Waals surface area (Å²) in [6, 6.07) is 4.26. The second-order valence-corrected chi connectivity index (χ2v) is 3.55. The molecule has 1 rings (SSSR count). The second-order valence-electron chi connectivity index (χ2n) is 3.55. The van der Waals surface area contributed by atoms with Crippen molar-refractivity contribution in [3.63, 3.8) is 0 Å². The van der Waals surface area contributed by atoms with Crippen LogP contribution in [0.4, 0.5) is 13.2 Å². The molecule has 0 aromatic heterocycles. The maximum atomic E-state index is 12.6. The SMILES string of the molecule is CC=c1c(C(F)(F)F)cccc1=C(C)C. The molecule has 0 fully saturated rings. The van der Waals surface area contributed by atoms with Gasteiger partial charge in [0.1, 0.15) is 0 Å². The van der Waals surface area contributed by atoms with Gasteiger partial charge in [-0.25, -0.2) is 0 Å². The summed E-state index contributed by atoms with van der Waals surface area (Å²) in [4.78, 5) is 0. The van der Waals surface area contributed by atoms with Crippen molar-refractivity contribution >= 4 is 11.6 Å². The second kappa shape index (κ2) is 4.09. The van der Waals surface area contributed by atoms with E-state index < -0.39 is 11.7 Å². The normalized spacial score (nSPS) is 13.1. The Kier molecular flexibility index (Phi) is 3.22. The van der Waals surface area contributed by atoms with Crippen molar-refractivity contribution in [2.24, 2.45) is 0 Å². The minimum Gasteiger partial charge on any atom is -0.166 e. The van der Waals surface area contributed by atoms with E-state index in [0.29, 0.717) is 5.22 Å². The average molecular weight is 214 g/mol. The van der Waals surface area contributed by atoms with Crippen LogP contribution in [0.15, 0.2) is 18.2 Å². The van der Waals surface area contributed by atoms with Crippen LogP contribution in [0.3, 0.4) is 0 Å². The van der Waals surface area contributed by atoms with Crippen LogP contribution in [0.2, 0.25) is 0 Å². The standard InChI is InChI=1S/C12H13F3/c1-4-9-10(8(2)3)6-5-7-11(9)12(13,14)15/h4-7H,1-3H3. The molecule has 1 aromatic rings.